The van der Waals surface area contributed by atoms with Gasteiger partial charge >= 0.3 is 0 Å². The van der Waals surface area contributed by atoms with Crippen LogP contribution in [0.5, 0.6) is 11.5 Å². The third-order valence-corrected chi connectivity index (χ3v) is 2.99. The predicted molar refractivity (Wildman–Crippen MR) is 82.5 cm³/mol. The van der Waals surface area contributed by atoms with Gasteiger partial charge in [0.05, 0.1) is 13.7 Å². The minimum atomic E-state index is 0.611. The Balaban J connectivity index is 2.25. The first-order chi connectivity index (χ1) is 9.71. The van der Waals surface area contributed by atoms with Crippen LogP contribution >= 0.6 is 0 Å². The second-order valence-corrected chi connectivity index (χ2v) is 4.29. The highest BCUT2D eigenvalue weighted by Gasteiger charge is 2.01. The maximum absolute atomic E-state index is 5.89. The second kappa shape index (κ2) is 9.07. The van der Waals surface area contributed by atoms with E-state index in [9.17, 15) is 0 Å². The third kappa shape index (κ3) is 5.38. The molecule has 0 unspecified atom stereocenters. The van der Waals surface area contributed by atoms with Crippen molar-refractivity contribution in [1.29, 1.82) is 0 Å². The molecule has 1 aromatic rings. The van der Waals surface area contributed by atoms with Crippen LogP contribution in [0, 0.1) is 0 Å². The predicted octanol–water partition coefficient (Wildman–Crippen LogP) is 2.12. The number of rotatable bonds is 8. The zero-order chi connectivity index (χ0) is 14.8. The van der Waals surface area contributed by atoms with Crippen molar-refractivity contribution in [3.05, 3.63) is 24.3 Å². The van der Waals surface area contributed by atoms with Gasteiger partial charge < -0.3 is 20.1 Å². The van der Waals surface area contributed by atoms with Crippen molar-refractivity contribution in [2.24, 2.45) is 10.7 Å². The van der Waals surface area contributed by atoms with Crippen molar-refractivity contribution in [3.63, 3.8) is 0 Å². The fourth-order valence-electron chi connectivity index (χ4n) is 1.77. The number of methoxy groups -OCH3 is 1. The Morgan fingerprint density at radius 2 is 1.75 bits per heavy atom. The lowest BCUT2D eigenvalue weighted by atomic mass is 10.3. The average Bonchev–Trinajstić information content (AvgIpc) is 2.49. The Kier molecular flexibility index (Phi) is 7.32. The van der Waals surface area contributed by atoms with Crippen molar-refractivity contribution < 1.29 is 9.47 Å². The van der Waals surface area contributed by atoms with Crippen LogP contribution in [0.15, 0.2) is 29.3 Å². The van der Waals surface area contributed by atoms with Crippen molar-refractivity contribution in [3.8, 4) is 11.5 Å². The highest BCUT2D eigenvalue weighted by Crippen LogP contribution is 2.16. The molecule has 5 heteroatoms. The van der Waals surface area contributed by atoms with Gasteiger partial charge in [0, 0.05) is 26.1 Å². The molecule has 0 bridgehead atoms. The van der Waals surface area contributed by atoms with Crippen molar-refractivity contribution >= 4 is 5.96 Å². The SMILES string of the molecule is CCN(CC)C(N)=NCCCOc1ccc(OC)cc1. The molecular formula is C15H25N3O2. The molecule has 0 saturated carbocycles. The molecule has 5 nitrogen and oxygen atoms in total. The van der Waals surface area contributed by atoms with Crippen LogP contribution in [0.3, 0.4) is 0 Å². The summed E-state index contributed by atoms with van der Waals surface area (Å²) in [7, 11) is 1.65. The van der Waals surface area contributed by atoms with E-state index in [1.165, 1.54) is 0 Å². The number of nitrogens with two attached hydrogens (primary N) is 1. The first-order valence-electron chi connectivity index (χ1n) is 7.03. The molecule has 1 rings (SSSR count). The van der Waals surface area contributed by atoms with Crippen LogP contribution < -0.4 is 15.2 Å². The van der Waals surface area contributed by atoms with Crippen molar-refractivity contribution in [2.75, 3.05) is 33.4 Å². The lowest BCUT2D eigenvalue weighted by molar-refractivity contribution is 0.312. The lowest BCUT2D eigenvalue weighted by Crippen LogP contribution is -2.37. The normalized spacial score (nSPS) is 11.2. The summed E-state index contributed by atoms with van der Waals surface area (Å²) in [5, 5.41) is 0. The fourth-order valence-corrected chi connectivity index (χ4v) is 1.77. The molecule has 0 aromatic heterocycles. The molecule has 0 fully saturated rings. The number of ether oxygens (including phenoxy) is 2. The summed E-state index contributed by atoms with van der Waals surface area (Å²) in [6.45, 7) is 7.21. The molecule has 0 amide bonds. The van der Waals surface area contributed by atoms with Gasteiger partial charge in [0.15, 0.2) is 5.96 Å². The van der Waals surface area contributed by atoms with E-state index in [-0.39, 0.29) is 0 Å². The Labute approximate surface area is 121 Å². The van der Waals surface area contributed by atoms with E-state index < -0.39 is 0 Å². The van der Waals surface area contributed by atoms with E-state index in [4.69, 9.17) is 15.2 Å². The minimum absolute atomic E-state index is 0.611. The molecule has 0 aliphatic heterocycles. The third-order valence-electron chi connectivity index (χ3n) is 2.99. The number of aliphatic imine (C=N–C) groups is 1. The lowest BCUT2D eigenvalue weighted by Gasteiger charge is -2.19. The molecular weight excluding hydrogens is 254 g/mol. The highest BCUT2D eigenvalue weighted by molar-refractivity contribution is 5.77. The Morgan fingerprint density at radius 3 is 2.30 bits per heavy atom. The summed E-state index contributed by atoms with van der Waals surface area (Å²) in [4.78, 5) is 6.38. The molecule has 0 radical (unpaired) electrons. The van der Waals surface area contributed by atoms with E-state index in [2.05, 4.69) is 18.8 Å². The van der Waals surface area contributed by atoms with E-state index in [1.807, 2.05) is 29.2 Å². The van der Waals surface area contributed by atoms with Crippen LogP contribution in [0.25, 0.3) is 0 Å². The summed E-state index contributed by atoms with van der Waals surface area (Å²) in [6.07, 6.45) is 0.841. The molecule has 0 spiro atoms. The maximum atomic E-state index is 5.89. The van der Waals surface area contributed by atoms with Crippen LogP contribution in [0.4, 0.5) is 0 Å². The fraction of sp³-hybridized carbons (Fsp3) is 0.533. The van der Waals surface area contributed by atoms with Gasteiger partial charge in [0.1, 0.15) is 11.5 Å². The molecule has 0 aliphatic rings. The van der Waals surface area contributed by atoms with Gasteiger partial charge in [-0.05, 0) is 38.1 Å². The average molecular weight is 279 g/mol. The van der Waals surface area contributed by atoms with Gasteiger partial charge in [-0.3, -0.25) is 4.99 Å². The Bertz CT molecular complexity index is 400. The first kappa shape index (κ1) is 16.1. The molecule has 20 heavy (non-hydrogen) atoms. The summed E-state index contributed by atoms with van der Waals surface area (Å²) in [5.41, 5.74) is 5.89. The van der Waals surface area contributed by atoms with Gasteiger partial charge in [0.2, 0.25) is 0 Å². The first-order valence-corrected chi connectivity index (χ1v) is 7.03. The number of benzene rings is 1. The van der Waals surface area contributed by atoms with Crippen LogP contribution in [-0.2, 0) is 0 Å². The smallest absolute Gasteiger partial charge is 0.191 e. The number of hydrogen-bond donors (Lipinski definition) is 1. The summed E-state index contributed by atoms with van der Waals surface area (Å²) in [5.74, 6) is 2.28. The summed E-state index contributed by atoms with van der Waals surface area (Å²) < 4.78 is 10.7. The van der Waals surface area contributed by atoms with Crippen LogP contribution in [0.2, 0.25) is 0 Å². The molecule has 0 aliphatic carbocycles. The largest absolute Gasteiger partial charge is 0.497 e. The van der Waals surface area contributed by atoms with Gasteiger partial charge in [-0.15, -0.1) is 0 Å². The Morgan fingerprint density at radius 1 is 1.15 bits per heavy atom. The Hall–Kier alpha value is -1.91. The van der Waals surface area contributed by atoms with Crippen LogP contribution in [0.1, 0.15) is 20.3 Å². The quantitative estimate of drug-likeness (QED) is 0.450. The second-order valence-electron chi connectivity index (χ2n) is 4.29. The minimum Gasteiger partial charge on any atom is -0.497 e. The van der Waals surface area contributed by atoms with E-state index in [0.29, 0.717) is 19.1 Å². The van der Waals surface area contributed by atoms with E-state index >= 15 is 0 Å². The molecule has 0 atom stereocenters. The van der Waals surface area contributed by atoms with Gasteiger partial charge in [-0.2, -0.15) is 0 Å². The number of guanidine groups is 1. The maximum Gasteiger partial charge on any atom is 0.191 e. The molecule has 0 saturated heterocycles. The monoisotopic (exact) mass is 279 g/mol. The van der Waals surface area contributed by atoms with Crippen molar-refractivity contribution in [1.82, 2.24) is 4.90 Å². The summed E-state index contributed by atoms with van der Waals surface area (Å²) >= 11 is 0. The standard InChI is InChI=1S/C15H25N3O2/c1-4-18(5-2)15(16)17-11-6-12-20-14-9-7-13(19-3)8-10-14/h7-10H,4-6,11-12H2,1-3H3,(H2,16,17). The van der Waals surface area contributed by atoms with E-state index in [0.717, 1.165) is 31.0 Å². The topological polar surface area (TPSA) is 60.1 Å². The number of nitrogens with zero attached hydrogens (tertiary/aromatic N) is 2. The van der Waals surface area contributed by atoms with E-state index in [1.54, 1.807) is 7.11 Å². The molecule has 2 N–H and O–H groups in total. The zero-order valence-electron chi connectivity index (χ0n) is 12.6. The summed E-state index contributed by atoms with van der Waals surface area (Å²) in [6, 6.07) is 7.55. The van der Waals surface area contributed by atoms with Crippen molar-refractivity contribution in [2.45, 2.75) is 20.3 Å². The zero-order valence-corrected chi connectivity index (χ0v) is 12.6. The highest BCUT2D eigenvalue weighted by atomic mass is 16.5. The van der Waals surface area contributed by atoms with Crippen LogP contribution in [-0.4, -0.2) is 44.2 Å². The van der Waals surface area contributed by atoms with Gasteiger partial charge in [-0.1, -0.05) is 0 Å². The van der Waals surface area contributed by atoms with Gasteiger partial charge in [-0.25, -0.2) is 0 Å². The van der Waals surface area contributed by atoms with Gasteiger partial charge in [0.25, 0.3) is 0 Å². The molecule has 112 valence electrons. The molecule has 0 heterocycles. The molecule has 1 aromatic carbocycles. The number of hydrogen-bond acceptors (Lipinski definition) is 3.